The van der Waals surface area contributed by atoms with Gasteiger partial charge in [0.15, 0.2) is 0 Å². The van der Waals surface area contributed by atoms with E-state index in [1.165, 1.54) is 14.2 Å². The molecule has 0 saturated carbocycles. The van der Waals surface area contributed by atoms with Crippen LogP contribution in [-0.2, 0) is 28.5 Å². The van der Waals surface area contributed by atoms with Gasteiger partial charge in [0.1, 0.15) is 19.0 Å². The third kappa shape index (κ3) is 11.0. The van der Waals surface area contributed by atoms with Gasteiger partial charge >= 0.3 is 5.97 Å². The van der Waals surface area contributed by atoms with Crippen molar-refractivity contribution in [1.82, 2.24) is 0 Å². The molecule has 0 aromatic rings. The molecule has 0 aliphatic rings. The second kappa shape index (κ2) is 14.9. The summed E-state index contributed by atoms with van der Waals surface area (Å²) in [5, 5.41) is 10.9. The van der Waals surface area contributed by atoms with E-state index in [2.05, 4.69) is 20.8 Å². The standard InChI is InChI=1S/C26H44O7/c1-10-21(13-22(19(2)3)24(29)20(4)25(5,6)7)11-12-23(28)33-17-26(14-30-8,15-31-9)16-32-18-27/h10,13,18-19,29H,11-12,14-17H2,1-9H3/b21-10-,22-13-,24-20-. The number of aliphatic hydroxyl groups is 1. The lowest BCUT2D eigenvalue weighted by atomic mass is 9.83. The molecule has 0 aromatic carbocycles. The summed E-state index contributed by atoms with van der Waals surface area (Å²) in [6, 6.07) is 0. The van der Waals surface area contributed by atoms with E-state index in [1.807, 2.05) is 39.8 Å². The Labute approximate surface area is 199 Å². The molecule has 0 bridgehead atoms. The molecular formula is C26H44O7. The van der Waals surface area contributed by atoms with Gasteiger partial charge in [-0.3, -0.25) is 9.59 Å². The maximum Gasteiger partial charge on any atom is 0.306 e. The Morgan fingerprint density at radius 3 is 2.00 bits per heavy atom. The van der Waals surface area contributed by atoms with Gasteiger partial charge in [0.2, 0.25) is 0 Å². The molecule has 1 N–H and O–H groups in total. The van der Waals surface area contributed by atoms with Gasteiger partial charge in [0.25, 0.3) is 6.47 Å². The molecule has 0 radical (unpaired) electrons. The number of allylic oxidation sites excluding steroid dienone is 5. The predicted molar refractivity (Wildman–Crippen MR) is 130 cm³/mol. The van der Waals surface area contributed by atoms with Crippen LogP contribution in [0.15, 0.2) is 34.6 Å². The topological polar surface area (TPSA) is 91.3 Å². The number of carbonyl (C=O) groups is 2. The maximum atomic E-state index is 12.5. The number of hydrogen-bond donors (Lipinski definition) is 1. The van der Waals surface area contributed by atoms with Gasteiger partial charge in [0.05, 0.1) is 18.6 Å². The smallest absolute Gasteiger partial charge is 0.306 e. The Morgan fingerprint density at radius 1 is 1.00 bits per heavy atom. The van der Waals surface area contributed by atoms with E-state index in [0.29, 0.717) is 18.7 Å². The van der Waals surface area contributed by atoms with Crippen LogP contribution in [0, 0.1) is 16.7 Å². The van der Waals surface area contributed by atoms with Crippen LogP contribution in [0.2, 0.25) is 0 Å². The Balaban J connectivity index is 5.35. The molecule has 0 spiro atoms. The first-order valence-corrected chi connectivity index (χ1v) is 11.3. The molecule has 7 nitrogen and oxygen atoms in total. The first-order chi connectivity index (χ1) is 15.4. The van der Waals surface area contributed by atoms with Crippen molar-refractivity contribution in [2.45, 2.75) is 61.3 Å². The second-order valence-corrected chi connectivity index (χ2v) is 9.78. The number of hydrogen-bond acceptors (Lipinski definition) is 7. The molecule has 0 saturated heterocycles. The van der Waals surface area contributed by atoms with Crippen LogP contribution in [0.1, 0.15) is 61.3 Å². The van der Waals surface area contributed by atoms with Crippen LogP contribution in [-0.4, -0.2) is 58.2 Å². The van der Waals surface area contributed by atoms with Crippen LogP contribution in [0.25, 0.3) is 0 Å². The van der Waals surface area contributed by atoms with Gasteiger partial charge in [-0.1, -0.05) is 52.3 Å². The molecule has 0 rings (SSSR count). The van der Waals surface area contributed by atoms with Crippen molar-refractivity contribution in [3.05, 3.63) is 34.6 Å². The maximum absolute atomic E-state index is 12.5. The van der Waals surface area contributed by atoms with Gasteiger partial charge in [-0.15, -0.1) is 0 Å². The Hall–Kier alpha value is -2.12. The van der Waals surface area contributed by atoms with Crippen molar-refractivity contribution in [2.75, 3.05) is 40.6 Å². The number of methoxy groups -OCH3 is 2. The number of carbonyl (C=O) groups excluding carboxylic acids is 2. The minimum atomic E-state index is -0.769. The lowest BCUT2D eigenvalue weighted by molar-refractivity contribution is -0.155. The first kappa shape index (κ1) is 30.9. The predicted octanol–water partition coefficient (Wildman–Crippen LogP) is 5.17. The minimum Gasteiger partial charge on any atom is -0.508 e. The van der Waals surface area contributed by atoms with E-state index in [9.17, 15) is 14.7 Å². The third-order valence-corrected chi connectivity index (χ3v) is 5.60. The van der Waals surface area contributed by atoms with Crippen LogP contribution >= 0.6 is 0 Å². The summed E-state index contributed by atoms with van der Waals surface area (Å²) in [6.07, 6.45) is 4.54. The summed E-state index contributed by atoms with van der Waals surface area (Å²) in [4.78, 5) is 23.1. The number of ether oxygens (including phenoxy) is 4. The monoisotopic (exact) mass is 468 g/mol. The number of rotatable bonds is 15. The van der Waals surface area contributed by atoms with Gasteiger partial charge < -0.3 is 24.1 Å². The zero-order valence-corrected chi connectivity index (χ0v) is 21.9. The average Bonchev–Trinajstić information content (AvgIpc) is 2.74. The van der Waals surface area contributed by atoms with E-state index in [4.69, 9.17) is 18.9 Å². The Morgan fingerprint density at radius 2 is 1.58 bits per heavy atom. The number of aliphatic hydroxyl groups excluding tert-OH is 1. The van der Waals surface area contributed by atoms with E-state index < -0.39 is 5.41 Å². The molecule has 0 aliphatic heterocycles. The average molecular weight is 469 g/mol. The summed E-state index contributed by atoms with van der Waals surface area (Å²) in [5.41, 5.74) is 1.78. The molecule has 0 amide bonds. The molecule has 33 heavy (non-hydrogen) atoms. The van der Waals surface area contributed by atoms with Crippen LogP contribution in [0.5, 0.6) is 0 Å². The first-order valence-electron chi connectivity index (χ1n) is 11.3. The Bertz CT molecular complexity index is 703. The highest BCUT2D eigenvalue weighted by molar-refractivity contribution is 5.70. The van der Waals surface area contributed by atoms with Crippen molar-refractivity contribution < 1.29 is 33.6 Å². The SMILES string of the molecule is C\C=C(/C=C(\C(O)=C(/C)C(C)(C)C)C(C)C)CCC(=O)OCC(COC)(COC)COC=O. The largest absolute Gasteiger partial charge is 0.508 e. The zero-order chi connectivity index (χ0) is 25.7. The summed E-state index contributed by atoms with van der Waals surface area (Å²) < 4.78 is 20.8. The fourth-order valence-electron chi connectivity index (χ4n) is 3.21. The molecule has 0 aromatic heterocycles. The summed E-state index contributed by atoms with van der Waals surface area (Å²) in [7, 11) is 3.05. The molecule has 0 unspecified atom stereocenters. The van der Waals surface area contributed by atoms with Crippen molar-refractivity contribution in [1.29, 1.82) is 0 Å². The van der Waals surface area contributed by atoms with Gasteiger partial charge in [-0.2, -0.15) is 0 Å². The normalized spacial score (nSPS) is 14.2. The molecule has 0 fully saturated rings. The lowest BCUT2D eigenvalue weighted by Crippen LogP contribution is -2.41. The lowest BCUT2D eigenvalue weighted by Gasteiger charge is -2.30. The van der Waals surface area contributed by atoms with E-state index in [1.54, 1.807) is 0 Å². The van der Waals surface area contributed by atoms with Crippen LogP contribution in [0.3, 0.4) is 0 Å². The van der Waals surface area contributed by atoms with Gasteiger partial charge in [-0.25, -0.2) is 0 Å². The highest BCUT2D eigenvalue weighted by Crippen LogP contribution is 2.32. The molecule has 0 atom stereocenters. The van der Waals surface area contributed by atoms with E-state index in [0.717, 1.165) is 16.7 Å². The van der Waals surface area contributed by atoms with Crippen LogP contribution in [0.4, 0.5) is 0 Å². The molecule has 190 valence electrons. The number of esters is 1. The zero-order valence-electron chi connectivity index (χ0n) is 21.9. The summed E-state index contributed by atoms with van der Waals surface area (Å²) in [6.45, 7) is 14.9. The Kier molecular flexibility index (Phi) is 14.0. The fraction of sp³-hybridized carbons (Fsp3) is 0.692. The highest BCUT2D eigenvalue weighted by atomic mass is 16.6. The second-order valence-electron chi connectivity index (χ2n) is 9.78. The van der Waals surface area contributed by atoms with E-state index >= 15 is 0 Å². The highest BCUT2D eigenvalue weighted by Gasteiger charge is 2.33. The van der Waals surface area contributed by atoms with Gasteiger partial charge in [0, 0.05) is 20.6 Å². The fourth-order valence-corrected chi connectivity index (χ4v) is 3.21. The molecule has 0 aliphatic carbocycles. The minimum absolute atomic E-state index is 0.00785. The summed E-state index contributed by atoms with van der Waals surface area (Å²) >= 11 is 0. The molecule has 0 heterocycles. The third-order valence-electron chi connectivity index (χ3n) is 5.60. The van der Waals surface area contributed by atoms with Crippen LogP contribution < -0.4 is 0 Å². The summed E-state index contributed by atoms with van der Waals surface area (Å²) in [5.74, 6) is 0.0476. The molecule has 7 heteroatoms. The quantitative estimate of drug-likeness (QED) is 0.153. The van der Waals surface area contributed by atoms with Crippen molar-refractivity contribution in [2.24, 2.45) is 16.7 Å². The van der Waals surface area contributed by atoms with Crippen molar-refractivity contribution in [3.63, 3.8) is 0 Å². The molecular weight excluding hydrogens is 424 g/mol. The van der Waals surface area contributed by atoms with Crippen molar-refractivity contribution in [3.8, 4) is 0 Å². The van der Waals surface area contributed by atoms with E-state index in [-0.39, 0.29) is 50.2 Å². The van der Waals surface area contributed by atoms with Crippen molar-refractivity contribution >= 4 is 12.4 Å². The van der Waals surface area contributed by atoms with Gasteiger partial charge in [-0.05, 0) is 42.7 Å².